The van der Waals surface area contributed by atoms with E-state index in [-0.39, 0.29) is 29.5 Å². The molecule has 260 valence electrons. The van der Waals surface area contributed by atoms with E-state index in [0.29, 0.717) is 29.6 Å². The summed E-state index contributed by atoms with van der Waals surface area (Å²) in [5.41, 5.74) is -0.880. The molecule has 0 aromatic heterocycles. The van der Waals surface area contributed by atoms with Gasteiger partial charge in [0.1, 0.15) is 11.9 Å². The van der Waals surface area contributed by atoms with Crippen LogP contribution in [0.5, 0.6) is 0 Å². The number of ether oxygens (including phenoxy) is 1. The van der Waals surface area contributed by atoms with Gasteiger partial charge in [0, 0.05) is 18.5 Å². The van der Waals surface area contributed by atoms with Crippen molar-refractivity contribution < 1.29 is 14.6 Å². The Labute approximate surface area is 281 Å². The highest BCUT2D eigenvalue weighted by atomic mass is 16.5. The van der Waals surface area contributed by atoms with E-state index in [4.69, 9.17) is 4.74 Å². The smallest absolute Gasteiger partial charge is 0.129 e. The maximum Gasteiger partial charge on any atom is 0.129 e. The highest BCUT2D eigenvalue weighted by molar-refractivity contribution is 5.70. The summed E-state index contributed by atoms with van der Waals surface area (Å²) in [6.07, 6.45) is 21.4. The van der Waals surface area contributed by atoms with Crippen molar-refractivity contribution >= 4 is 6.29 Å². The molecule has 4 bridgehead atoms. The summed E-state index contributed by atoms with van der Waals surface area (Å²) >= 11 is 0. The quantitative estimate of drug-likeness (QED) is 0.175. The van der Waals surface area contributed by atoms with Crippen LogP contribution in [-0.2, 0) is 9.53 Å². The number of fused-ring (bicyclic) bond motifs is 2. The monoisotopic (exact) mass is 637 g/mol. The summed E-state index contributed by atoms with van der Waals surface area (Å²) in [4.78, 5) is 19.0. The summed E-state index contributed by atoms with van der Waals surface area (Å²) < 4.78 is 7.58. The second-order valence-corrected chi connectivity index (χ2v) is 18.4. The molecule has 0 radical (unpaired) electrons. The van der Waals surface area contributed by atoms with E-state index >= 15 is 0 Å². The molecule has 0 amide bonds. The number of piperidine rings is 1. The molecule has 0 spiro atoms. The topological polar surface area (TPSA) is 53.0 Å². The van der Waals surface area contributed by atoms with E-state index in [1.54, 1.807) is 0 Å². The third-order valence-corrected chi connectivity index (χ3v) is 15.2. The van der Waals surface area contributed by atoms with Crippen LogP contribution in [-0.4, -0.2) is 78.3 Å². The van der Waals surface area contributed by atoms with Crippen LogP contribution in [0.15, 0.2) is 11.6 Å². The van der Waals surface area contributed by atoms with Crippen LogP contribution in [0, 0.1) is 58.2 Å². The van der Waals surface area contributed by atoms with Gasteiger partial charge in [0.25, 0.3) is 0 Å². The molecule has 1 N–H and O–H groups in total. The zero-order valence-corrected chi connectivity index (χ0v) is 30.2. The molecule has 0 aromatic carbocycles. The SMILES string of the molecule is CC(C)CN(CCCN1CCCCC1)CC1OC(C23C[C@@H]4[C@H](C)CC[C@H]4C4(C=O)CC2C=C(C(C)C)C34O)CC1C1CCCCC1. The maximum absolute atomic E-state index is 13.5. The summed E-state index contributed by atoms with van der Waals surface area (Å²) in [7, 11) is 0. The van der Waals surface area contributed by atoms with Crippen molar-refractivity contribution in [2.24, 2.45) is 58.2 Å². The number of aliphatic hydroxyl groups is 1. The number of carbonyl (C=O) groups excluding carboxylic acids is 1. The first-order valence-corrected chi connectivity index (χ1v) is 20.2. The van der Waals surface area contributed by atoms with Crippen molar-refractivity contribution in [3.63, 3.8) is 0 Å². The molecule has 6 fully saturated rings. The van der Waals surface area contributed by atoms with E-state index in [1.165, 1.54) is 95.7 Å². The Bertz CT molecular complexity index is 1110. The van der Waals surface area contributed by atoms with Gasteiger partial charge in [-0.3, -0.25) is 0 Å². The zero-order chi connectivity index (χ0) is 32.3. The minimum atomic E-state index is -1.06. The van der Waals surface area contributed by atoms with Gasteiger partial charge in [-0.2, -0.15) is 0 Å². The van der Waals surface area contributed by atoms with E-state index in [0.717, 1.165) is 51.2 Å². The van der Waals surface area contributed by atoms with Crippen molar-refractivity contribution in [2.45, 2.75) is 142 Å². The van der Waals surface area contributed by atoms with E-state index in [1.807, 2.05) is 0 Å². The largest absolute Gasteiger partial charge is 0.384 e. The molecule has 0 aromatic rings. The summed E-state index contributed by atoms with van der Waals surface area (Å²) in [6, 6.07) is 0. The van der Waals surface area contributed by atoms with Gasteiger partial charge in [0.15, 0.2) is 0 Å². The molecule has 2 heterocycles. The minimum absolute atomic E-state index is 0.0387. The molecule has 7 aliphatic rings. The molecule has 5 heteroatoms. The fourth-order valence-corrected chi connectivity index (χ4v) is 13.3. The van der Waals surface area contributed by atoms with Gasteiger partial charge in [-0.05, 0) is 124 Å². The number of nitrogens with zero attached hydrogens (tertiary/aromatic N) is 2. The summed E-state index contributed by atoms with van der Waals surface area (Å²) in [5, 5.41) is 13.5. The predicted molar refractivity (Wildman–Crippen MR) is 186 cm³/mol. The van der Waals surface area contributed by atoms with Crippen LogP contribution < -0.4 is 0 Å². The maximum atomic E-state index is 13.5. The van der Waals surface area contributed by atoms with Gasteiger partial charge < -0.3 is 24.4 Å². The van der Waals surface area contributed by atoms with Crippen LogP contribution in [0.4, 0.5) is 0 Å². The molecular formula is C41H68N2O3. The lowest BCUT2D eigenvalue weighted by molar-refractivity contribution is -0.210. The van der Waals surface area contributed by atoms with Crippen LogP contribution in [0.25, 0.3) is 0 Å². The molecule has 5 nitrogen and oxygen atoms in total. The Morgan fingerprint density at radius 1 is 1.00 bits per heavy atom. The number of hydrogen-bond donors (Lipinski definition) is 1. The number of hydrogen-bond acceptors (Lipinski definition) is 5. The van der Waals surface area contributed by atoms with Gasteiger partial charge in [0.05, 0.1) is 17.6 Å². The first-order chi connectivity index (χ1) is 22.1. The number of carbonyl (C=O) groups is 1. The fourth-order valence-electron chi connectivity index (χ4n) is 13.3. The van der Waals surface area contributed by atoms with Gasteiger partial charge in [0.2, 0.25) is 0 Å². The van der Waals surface area contributed by atoms with Crippen molar-refractivity contribution in [2.75, 3.05) is 39.3 Å². The van der Waals surface area contributed by atoms with Crippen molar-refractivity contribution in [1.82, 2.24) is 9.80 Å². The highest BCUT2D eigenvalue weighted by Crippen LogP contribution is 2.80. The van der Waals surface area contributed by atoms with Gasteiger partial charge in [-0.1, -0.05) is 85.6 Å². The number of allylic oxidation sites excluding steroid dienone is 1. The first kappa shape index (κ1) is 33.7. The molecule has 4 saturated carbocycles. The standard InChI is InChI=1S/C41H68N2O3/c1-28(2)25-43(20-12-19-42-17-10-7-11-18-42)26-37-33(31-13-8-6-9-14-31)22-38(46-37)40-24-34-30(5)15-16-35(34)39(27-44)23-32(40)21-36(29(3)4)41(39,40)45/h21,27-35,37-38,45H,6-20,22-26H2,1-5H3/t30-,32?,33?,34-,35-,37?,38?,39?,40?,41?/m1/s1. The molecule has 46 heavy (non-hydrogen) atoms. The number of aldehydes is 1. The normalized spacial score (nSPS) is 44.5. The lowest BCUT2D eigenvalue weighted by Crippen LogP contribution is -2.66. The lowest BCUT2D eigenvalue weighted by Gasteiger charge is -2.59. The van der Waals surface area contributed by atoms with E-state index in [9.17, 15) is 9.90 Å². The van der Waals surface area contributed by atoms with Crippen LogP contribution in [0.1, 0.15) is 125 Å². The molecule has 2 saturated heterocycles. The molecule has 7 unspecified atom stereocenters. The van der Waals surface area contributed by atoms with E-state index in [2.05, 4.69) is 50.5 Å². The molecule has 10 atom stereocenters. The highest BCUT2D eigenvalue weighted by Gasteiger charge is 2.83. The van der Waals surface area contributed by atoms with E-state index < -0.39 is 11.0 Å². The van der Waals surface area contributed by atoms with Crippen LogP contribution in [0.3, 0.4) is 0 Å². The van der Waals surface area contributed by atoms with Gasteiger partial charge >= 0.3 is 0 Å². The third-order valence-electron chi connectivity index (χ3n) is 15.2. The number of rotatable bonds is 12. The molecule has 7 rings (SSSR count). The Balaban J connectivity index is 1.18. The average molecular weight is 637 g/mol. The van der Waals surface area contributed by atoms with Crippen LogP contribution >= 0.6 is 0 Å². The van der Waals surface area contributed by atoms with Crippen molar-refractivity contribution in [3.8, 4) is 0 Å². The molecule has 5 aliphatic carbocycles. The van der Waals surface area contributed by atoms with Gasteiger partial charge in [-0.15, -0.1) is 0 Å². The third kappa shape index (κ3) is 5.25. The zero-order valence-electron chi connectivity index (χ0n) is 30.2. The second-order valence-electron chi connectivity index (χ2n) is 18.4. The summed E-state index contributed by atoms with van der Waals surface area (Å²) in [6.45, 7) is 18.8. The molecule has 2 aliphatic heterocycles. The summed E-state index contributed by atoms with van der Waals surface area (Å²) in [5.74, 6) is 3.90. The van der Waals surface area contributed by atoms with Crippen molar-refractivity contribution in [3.05, 3.63) is 11.6 Å². The Hall–Kier alpha value is -0.750. The fraction of sp³-hybridized carbons (Fsp3) is 0.927. The Morgan fingerprint density at radius 2 is 1.74 bits per heavy atom. The lowest BCUT2D eigenvalue weighted by atomic mass is 9.47. The second kappa shape index (κ2) is 13.2. The Morgan fingerprint density at radius 3 is 2.43 bits per heavy atom. The molecular weight excluding hydrogens is 568 g/mol. The minimum Gasteiger partial charge on any atom is -0.384 e. The average Bonchev–Trinajstić information content (AvgIpc) is 3.73. The van der Waals surface area contributed by atoms with Gasteiger partial charge in [-0.25, -0.2) is 0 Å². The van der Waals surface area contributed by atoms with Crippen LogP contribution in [0.2, 0.25) is 0 Å². The first-order valence-electron chi connectivity index (χ1n) is 20.2. The Kier molecular flexibility index (Phi) is 9.66. The predicted octanol–water partition coefficient (Wildman–Crippen LogP) is 7.76. The van der Waals surface area contributed by atoms with Crippen molar-refractivity contribution in [1.29, 1.82) is 0 Å². The number of likely N-dealkylation sites (tertiary alicyclic amines) is 1.